The standard InChI is InChI=1S/C44H33N3/c1-43(2)34-18-10-7-15-29(34)32-24-28(21-22-36(32)43)40-39-41(31-17-8-11-19-35(31)44(39,3)4)46-42(45-40)47-37-20-12-9-16-30(37)33-23-26-13-5-6-14-27(26)25-38(33)47/h5-25H,1-4H3. The molecule has 0 N–H and O–H groups in total. The van der Waals surface area contributed by atoms with Gasteiger partial charge < -0.3 is 0 Å². The van der Waals surface area contributed by atoms with E-state index in [1.54, 1.807) is 0 Å². The molecule has 10 rings (SSSR count). The lowest BCUT2D eigenvalue weighted by Crippen LogP contribution is -2.18. The number of fused-ring (bicyclic) bond motifs is 10. The van der Waals surface area contributed by atoms with Crippen LogP contribution in [-0.4, -0.2) is 14.5 Å². The predicted molar refractivity (Wildman–Crippen MR) is 194 cm³/mol. The number of rotatable bonds is 2. The molecule has 0 saturated heterocycles. The van der Waals surface area contributed by atoms with E-state index in [1.165, 1.54) is 60.5 Å². The van der Waals surface area contributed by atoms with Gasteiger partial charge >= 0.3 is 0 Å². The Hall–Kier alpha value is -5.54. The first-order valence-corrected chi connectivity index (χ1v) is 16.5. The molecule has 0 atom stereocenters. The summed E-state index contributed by atoms with van der Waals surface area (Å²) in [6, 6.07) is 46.5. The fraction of sp³-hybridized carbons (Fsp3) is 0.136. The van der Waals surface area contributed by atoms with Crippen molar-refractivity contribution in [3.63, 3.8) is 0 Å². The number of para-hydroxylation sites is 1. The minimum Gasteiger partial charge on any atom is -0.278 e. The lowest BCUT2D eigenvalue weighted by atomic mass is 9.80. The highest BCUT2D eigenvalue weighted by Gasteiger charge is 2.41. The molecule has 2 aromatic heterocycles. The van der Waals surface area contributed by atoms with Gasteiger partial charge in [-0.05, 0) is 62.9 Å². The largest absolute Gasteiger partial charge is 0.278 e. The summed E-state index contributed by atoms with van der Waals surface area (Å²) in [5.41, 5.74) is 14.1. The SMILES string of the molecule is CC1(C)c2ccccc2-c2cc(-c3nc(-n4c5ccccc5c5cc6ccccc6cc54)nc4c3C(C)(C)c3ccccc3-4)ccc21. The van der Waals surface area contributed by atoms with Gasteiger partial charge in [-0.2, -0.15) is 0 Å². The maximum atomic E-state index is 5.59. The number of hydrogen-bond donors (Lipinski definition) is 0. The zero-order valence-corrected chi connectivity index (χ0v) is 27.0. The van der Waals surface area contributed by atoms with Crippen molar-refractivity contribution in [2.45, 2.75) is 38.5 Å². The molecule has 0 saturated carbocycles. The molecular weight excluding hydrogens is 571 g/mol. The fourth-order valence-corrected chi connectivity index (χ4v) is 8.65. The molecule has 47 heavy (non-hydrogen) atoms. The Labute approximate surface area is 274 Å². The molecule has 224 valence electrons. The molecule has 3 nitrogen and oxygen atoms in total. The van der Waals surface area contributed by atoms with Crippen LogP contribution in [0.3, 0.4) is 0 Å². The van der Waals surface area contributed by atoms with Crippen LogP contribution in [0.4, 0.5) is 0 Å². The third-order valence-corrected chi connectivity index (χ3v) is 11.0. The summed E-state index contributed by atoms with van der Waals surface area (Å²) < 4.78 is 2.28. The maximum absolute atomic E-state index is 5.59. The second kappa shape index (κ2) is 9.04. The van der Waals surface area contributed by atoms with Crippen molar-refractivity contribution in [2.24, 2.45) is 0 Å². The van der Waals surface area contributed by atoms with E-state index in [0.717, 1.165) is 28.0 Å². The third-order valence-electron chi connectivity index (χ3n) is 11.0. The van der Waals surface area contributed by atoms with Gasteiger partial charge in [-0.3, -0.25) is 4.57 Å². The summed E-state index contributed by atoms with van der Waals surface area (Å²) in [6.07, 6.45) is 0. The van der Waals surface area contributed by atoms with Crippen molar-refractivity contribution < 1.29 is 0 Å². The minimum atomic E-state index is -0.257. The number of nitrogens with zero attached hydrogens (tertiary/aromatic N) is 3. The number of benzene rings is 6. The highest BCUT2D eigenvalue weighted by molar-refractivity contribution is 6.13. The van der Waals surface area contributed by atoms with E-state index in [4.69, 9.17) is 9.97 Å². The van der Waals surface area contributed by atoms with Crippen LogP contribution >= 0.6 is 0 Å². The first-order valence-electron chi connectivity index (χ1n) is 16.5. The Balaban J connectivity index is 1.31. The van der Waals surface area contributed by atoms with E-state index in [-0.39, 0.29) is 10.8 Å². The van der Waals surface area contributed by atoms with Crippen LogP contribution < -0.4 is 0 Å². The minimum absolute atomic E-state index is 0.0511. The summed E-state index contributed by atoms with van der Waals surface area (Å²) in [5.74, 6) is 0.703. The molecule has 2 aliphatic rings. The summed E-state index contributed by atoms with van der Waals surface area (Å²) in [7, 11) is 0. The Morgan fingerprint density at radius 2 is 1.09 bits per heavy atom. The van der Waals surface area contributed by atoms with E-state index in [0.29, 0.717) is 5.95 Å². The van der Waals surface area contributed by atoms with Crippen molar-refractivity contribution in [1.29, 1.82) is 0 Å². The van der Waals surface area contributed by atoms with E-state index < -0.39 is 0 Å². The summed E-state index contributed by atoms with van der Waals surface area (Å²) in [4.78, 5) is 11.1. The van der Waals surface area contributed by atoms with E-state index in [1.807, 2.05) is 0 Å². The summed E-state index contributed by atoms with van der Waals surface area (Å²) in [6.45, 7) is 9.32. The van der Waals surface area contributed by atoms with Gasteiger partial charge in [0.2, 0.25) is 5.95 Å². The Morgan fingerprint density at radius 3 is 1.89 bits per heavy atom. The molecule has 0 bridgehead atoms. The molecule has 0 aliphatic heterocycles. The summed E-state index contributed by atoms with van der Waals surface area (Å²) in [5, 5.41) is 4.85. The molecule has 3 heteroatoms. The number of hydrogen-bond acceptors (Lipinski definition) is 2. The maximum Gasteiger partial charge on any atom is 0.235 e. The molecule has 0 radical (unpaired) electrons. The fourth-order valence-electron chi connectivity index (χ4n) is 8.65. The van der Waals surface area contributed by atoms with E-state index >= 15 is 0 Å². The van der Waals surface area contributed by atoms with Crippen molar-refractivity contribution in [3.8, 4) is 39.6 Å². The first-order chi connectivity index (χ1) is 22.8. The average Bonchev–Trinajstić information content (AvgIpc) is 3.63. The molecule has 2 heterocycles. The van der Waals surface area contributed by atoms with Crippen LogP contribution in [0.25, 0.3) is 72.2 Å². The van der Waals surface area contributed by atoms with Crippen LogP contribution in [0.2, 0.25) is 0 Å². The van der Waals surface area contributed by atoms with E-state index in [9.17, 15) is 0 Å². The summed E-state index contributed by atoms with van der Waals surface area (Å²) >= 11 is 0. The lowest BCUT2D eigenvalue weighted by molar-refractivity contribution is 0.656. The highest BCUT2D eigenvalue weighted by atomic mass is 15.2. The lowest BCUT2D eigenvalue weighted by Gasteiger charge is -2.24. The van der Waals surface area contributed by atoms with Gasteiger partial charge in [0.25, 0.3) is 0 Å². The van der Waals surface area contributed by atoms with Crippen molar-refractivity contribution in [3.05, 3.63) is 150 Å². The van der Waals surface area contributed by atoms with Gasteiger partial charge in [-0.15, -0.1) is 0 Å². The molecular formula is C44H33N3. The quantitative estimate of drug-likeness (QED) is 0.197. The third kappa shape index (κ3) is 3.46. The monoisotopic (exact) mass is 603 g/mol. The zero-order valence-electron chi connectivity index (χ0n) is 27.0. The second-order valence-electron chi connectivity index (χ2n) is 14.3. The molecule has 8 aromatic rings. The molecule has 0 amide bonds. The van der Waals surface area contributed by atoms with Gasteiger partial charge in [0, 0.05) is 38.3 Å². The predicted octanol–water partition coefficient (Wildman–Crippen LogP) is 11.0. The molecule has 0 spiro atoms. The molecule has 0 unspecified atom stereocenters. The Morgan fingerprint density at radius 1 is 0.468 bits per heavy atom. The van der Waals surface area contributed by atoms with Crippen LogP contribution in [0.5, 0.6) is 0 Å². The Kier molecular flexibility index (Phi) is 5.13. The molecule has 6 aromatic carbocycles. The second-order valence-corrected chi connectivity index (χ2v) is 14.3. The van der Waals surface area contributed by atoms with Gasteiger partial charge in [-0.1, -0.05) is 131 Å². The van der Waals surface area contributed by atoms with Crippen molar-refractivity contribution in [1.82, 2.24) is 14.5 Å². The first kappa shape index (κ1) is 26.7. The highest BCUT2D eigenvalue weighted by Crippen LogP contribution is 2.53. The number of aromatic nitrogens is 3. The van der Waals surface area contributed by atoms with Crippen molar-refractivity contribution in [2.75, 3.05) is 0 Å². The van der Waals surface area contributed by atoms with Crippen LogP contribution in [0.1, 0.15) is 49.9 Å². The average molecular weight is 604 g/mol. The topological polar surface area (TPSA) is 30.7 Å². The molecule has 2 aliphatic carbocycles. The van der Waals surface area contributed by atoms with Crippen LogP contribution in [-0.2, 0) is 10.8 Å². The molecule has 0 fully saturated rings. The van der Waals surface area contributed by atoms with Gasteiger partial charge in [-0.25, -0.2) is 9.97 Å². The van der Waals surface area contributed by atoms with Gasteiger partial charge in [0.05, 0.1) is 22.4 Å². The zero-order chi connectivity index (χ0) is 31.7. The smallest absolute Gasteiger partial charge is 0.235 e. The van der Waals surface area contributed by atoms with Crippen LogP contribution in [0, 0.1) is 0 Å². The normalized spacial score (nSPS) is 15.1. The van der Waals surface area contributed by atoms with Gasteiger partial charge in [0.1, 0.15) is 0 Å². The van der Waals surface area contributed by atoms with Crippen LogP contribution in [0.15, 0.2) is 127 Å². The van der Waals surface area contributed by atoms with E-state index in [2.05, 4.69) is 160 Å². The van der Waals surface area contributed by atoms with Crippen molar-refractivity contribution >= 4 is 32.6 Å². The Bertz CT molecular complexity index is 2640. The van der Waals surface area contributed by atoms with Gasteiger partial charge in [0.15, 0.2) is 0 Å².